The van der Waals surface area contributed by atoms with Gasteiger partial charge in [-0.1, -0.05) is 23.7 Å². The van der Waals surface area contributed by atoms with Crippen molar-refractivity contribution in [1.82, 2.24) is 14.8 Å². The van der Waals surface area contributed by atoms with E-state index in [1.807, 2.05) is 0 Å². The Morgan fingerprint density at radius 1 is 1.28 bits per heavy atom. The molecule has 1 aliphatic heterocycles. The Morgan fingerprint density at radius 2 is 2.03 bits per heavy atom. The molecule has 1 unspecified atom stereocenters. The summed E-state index contributed by atoms with van der Waals surface area (Å²) in [6.45, 7) is 1.75. The number of nitrogens with one attached hydrogen (secondary N) is 2. The van der Waals surface area contributed by atoms with Crippen molar-refractivity contribution in [2.45, 2.75) is 13.0 Å². The van der Waals surface area contributed by atoms with Gasteiger partial charge in [-0.05, 0) is 36.8 Å². The molecule has 29 heavy (non-hydrogen) atoms. The van der Waals surface area contributed by atoms with Crippen LogP contribution in [0.5, 0.6) is 0 Å². The number of non-ortho nitro benzene ring substituents is 1. The van der Waals surface area contributed by atoms with Gasteiger partial charge in [0.15, 0.2) is 0 Å². The fourth-order valence-corrected chi connectivity index (χ4v) is 3.36. The van der Waals surface area contributed by atoms with Gasteiger partial charge >= 0.3 is 0 Å². The van der Waals surface area contributed by atoms with E-state index in [2.05, 4.69) is 20.7 Å². The largest absolute Gasteiger partial charge is 0.328 e. The van der Waals surface area contributed by atoms with Crippen LogP contribution in [-0.4, -0.2) is 25.6 Å². The van der Waals surface area contributed by atoms with Gasteiger partial charge in [-0.15, -0.1) is 0 Å². The molecule has 146 valence electrons. The molecular formula is C19H15ClN6O3. The van der Waals surface area contributed by atoms with Crippen molar-refractivity contribution in [2.75, 3.05) is 10.6 Å². The average Bonchev–Trinajstić information content (AvgIpc) is 3.16. The van der Waals surface area contributed by atoms with E-state index < -0.39 is 11.0 Å². The maximum absolute atomic E-state index is 13.2. The maximum Gasteiger partial charge on any atom is 0.269 e. The highest BCUT2D eigenvalue weighted by atomic mass is 35.5. The van der Waals surface area contributed by atoms with Crippen LogP contribution in [0.2, 0.25) is 5.02 Å². The summed E-state index contributed by atoms with van der Waals surface area (Å²) in [7, 11) is 0. The third kappa shape index (κ3) is 3.55. The van der Waals surface area contributed by atoms with Gasteiger partial charge in [-0.3, -0.25) is 14.9 Å². The van der Waals surface area contributed by atoms with Crippen molar-refractivity contribution in [1.29, 1.82) is 0 Å². The van der Waals surface area contributed by atoms with Crippen molar-refractivity contribution >= 4 is 34.8 Å². The van der Waals surface area contributed by atoms with Crippen LogP contribution in [0, 0.1) is 10.1 Å². The van der Waals surface area contributed by atoms with Crippen LogP contribution in [0.4, 0.5) is 17.3 Å². The Morgan fingerprint density at radius 3 is 2.76 bits per heavy atom. The summed E-state index contributed by atoms with van der Waals surface area (Å²) in [4.78, 5) is 28.1. The molecule has 3 aromatic rings. The lowest BCUT2D eigenvalue weighted by atomic mass is 9.94. The second-order valence-electron chi connectivity index (χ2n) is 6.41. The van der Waals surface area contributed by atoms with Gasteiger partial charge in [-0.2, -0.15) is 10.1 Å². The molecule has 0 fully saturated rings. The van der Waals surface area contributed by atoms with E-state index in [1.54, 1.807) is 43.3 Å². The molecular weight excluding hydrogens is 396 g/mol. The summed E-state index contributed by atoms with van der Waals surface area (Å²) >= 11 is 5.90. The van der Waals surface area contributed by atoms with Crippen molar-refractivity contribution in [3.05, 3.63) is 86.8 Å². The summed E-state index contributed by atoms with van der Waals surface area (Å²) < 4.78 is 1.53. The van der Waals surface area contributed by atoms with Gasteiger partial charge in [0.2, 0.25) is 5.95 Å². The first-order chi connectivity index (χ1) is 13.9. The Kier molecular flexibility index (Phi) is 4.73. The van der Waals surface area contributed by atoms with Crippen LogP contribution in [0.25, 0.3) is 0 Å². The zero-order chi connectivity index (χ0) is 20.5. The van der Waals surface area contributed by atoms with Gasteiger partial charge in [0.1, 0.15) is 12.4 Å². The third-order valence-corrected chi connectivity index (χ3v) is 4.79. The van der Waals surface area contributed by atoms with E-state index in [9.17, 15) is 14.9 Å². The SMILES string of the molecule is CC1=C(C(=O)Nc2ccc(Cl)cc2)C(c2cccc([N+](=O)[O-])c2)n2ncnc2N1. The van der Waals surface area contributed by atoms with Gasteiger partial charge in [-0.25, -0.2) is 4.68 Å². The number of hydrogen-bond donors (Lipinski definition) is 2. The molecule has 2 N–H and O–H groups in total. The first-order valence-electron chi connectivity index (χ1n) is 8.62. The number of carbonyl (C=O) groups is 1. The highest BCUT2D eigenvalue weighted by Gasteiger charge is 2.34. The lowest BCUT2D eigenvalue weighted by molar-refractivity contribution is -0.384. The zero-order valence-electron chi connectivity index (χ0n) is 15.2. The predicted molar refractivity (Wildman–Crippen MR) is 108 cm³/mol. The number of aromatic nitrogens is 3. The Balaban J connectivity index is 1.77. The molecule has 10 heteroatoms. The standard InChI is InChI=1S/C19H15ClN6O3/c1-11-16(18(27)24-14-7-5-13(20)6-8-14)17(25-19(23-11)21-10-22-25)12-3-2-4-15(9-12)26(28)29/h2-10,17H,1H3,(H,24,27)(H,21,22,23). The fraction of sp³-hybridized carbons (Fsp3) is 0.105. The average molecular weight is 411 g/mol. The minimum atomic E-state index is -0.680. The minimum Gasteiger partial charge on any atom is -0.328 e. The van der Waals surface area contributed by atoms with E-state index in [0.717, 1.165) is 0 Å². The van der Waals surface area contributed by atoms with Crippen LogP contribution >= 0.6 is 11.6 Å². The van der Waals surface area contributed by atoms with E-state index in [1.165, 1.54) is 23.1 Å². The summed E-state index contributed by atoms with van der Waals surface area (Å²) in [6, 6.07) is 12.2. The number of nitrogens with zero attached hydrogens (tertiary/aromatic N) is 4. The minimum absolute atomic E-state index is 0.0715. The number of benzene rings is 2. The van der Waals surface area contributed by atoms with Crippen molar-refractivity contribution in [3.63, 3.8) is 0 Å². The quantitative estimate of drug-likeness (QED) is 0.499. The molecule has 0 aliphatic carbocycles. The molecule has 1 aliphatic rings. The maximum atomic E-state index is 13.2. The number of rotatable bonds is 4. The summed E-state index contributed by atoms with van der Waals surface area (Å²) in [5.41, 5.74) is 2.00. The molecule has 9 nitrogen and oxygen atoms in total. The molecule has 2 aromatic carbocycles. The molecule has 2 heterocycles. The second-order valence-corrected chi connectivity index (χ2v) is 6.84. The topological polar surface area (TPSA) is 115 Å². The first kappa shape index (κ1) is 18.6. The van der Waals surface area contributed by atoms with Gasteiger partial charge < -0.3 is 10.6 Å². The number of nitro benzene ring substituents is 1. The number of carbonyl (C=O) groups excluding carboxylic acids is 1. The molecule has 0 saturated carbocycles. The first-order valence-corrected chi connectivity index (χ1v) is 9.00. The number of hydrogen-bond acceptors (Lipinski definition) is 6. The highest BCUT2D eigenvalue weighted by Crippen LogP contribution is 2.36. The normalized spacial score (nSPS) is 15.4. The molecule has 1 atom stereocenters. The van der Waals surface area contributed by atoms with Crippen molar-refractivity contribution in [2.24, 2.45) is 0 Å². The Hall–Kier alpha value is -3.72. The number of fused-ring (bicyclic) bond motifs is 1. The number of allylic oxidation sites excluding steroid dienone is 1. The molecule has 0 spiro atoms. The second kappa shape index (κ2) is 7.36. The van der Waals surface area contributed by atoms with Crippen molar-refractivity contribution in [3.8, 4) is 0 Å². The zero-order valence-corrected chi connectivity index (χ0v) is 15.9. The van der Waals surface area contributed by atoms with Gasteiger partial charge in [0.25, 0.3) is 11.6 Å². The van der Waals surface area contributed by atoms with E-state index in [-0.39, 0.29) is 11.6 Å². The van der Waals surface area contributed by atoms with E-state index in [4.69, 9.17) is 11.6 Å². The predicted octanol–water partition coefficient (Wildman–Crippen LogP) is 3.77. The van der Waals surface area contributed by atoms with Gasteiger partial charge in [0, 0.05) is 28.5 Å². The molecule has 0 bridgehead atoms. The summed E-state index contributed by atoms with van der Waals surface area (Å²) in [6.07, 6.45) is 1.36. The van der Waals surface area contributed by atoms with Crippen LogP contribution in [0.3, 0.4) is 0 Å². The van der Waals surface area contributed by atoms with Crippen LogP contribution < -0.4 is 10.6 Å². The lowest BCUT2D eigenvalue weighted by Crippen LogP contribution is -2.31. The number of halogens is 1. The molecule has 1 amide bonds. The van der Waals surface area contributed by atoms with Crippen molar-refractivity contribution < 1.29 is 9.72 Å². The van der Waals surface area contributed by atoms with E-state index >= 15 is 0 Å². The van der Waals surface area contributed by atoms with Crippen LogP contribution in [0.15, 0.2) is 66.1 Å². The molecule has 1 aromatic heterocycles. The van der Waals surface area contributed by atoms with Crippen LogP contribution in [-0.2, 0) is 4.79 Å². The molecule has 0 saturated heterocycles. The number of amides is 1. The Labute approximate surface area is 170 Å². The smallest absolute Gasteiger partial charge is 0.269 e. The summed E-state index contributed by atoms with van der Waals surface area (Å²) in [5.74, 6) is 0.0806. The molecule has 0 radical (unpaired) electrons. The third-order valence-electron chi connectivity index (χ3n) is 4.54. The van der Waals surface area contributed by atoms with Gasteiger partial charge in [0.05, 0.1) is 10.5 Å². The molecule has 4 rings (SSSR count). The lowest BCUT2D eigenvalue weighted by Gasteiger charge is -2.28. The number of nitro groups is 1. The fourth-order valence-electron chi connectivity index (χ4n) is 3.23. The number of anilines is 2. The Bertz CT molecular complexity index is 1140. The van der Waals surface area contributed by atoms with Crippen LogP contribution in [0.1, 0.15) is 18.5 Å². The summed E-state index contributed by atoms with van der Waals surface area (Å²) in [5, 5.41) is 21.9. The highest BCUT2D eigenvalue weighted by molar-refractivity contribution is 6.30. The monoisotopic (exact) mass is 410 g/mol. The van der Waals surface area contributed by atoms with E-state index in [0.29, 0.717) is 33.5 Å².